The smallest absolute Gasteiger partial charge is 0.310 e. The molecule has 0 bridgehead atoms. The molecule has 1 saturated heterocycles. The zero-order chi connectivity index (χ0) is 18.7. The number of nitrogens with zero attached hydrogens (tertiary/aromatic N) is 2. The minimum atomic E-state index is -0.211. The van der Waals surface area contributed by atoms with E-state index in [-0.39, 0.29) is 17.8 Å². The number of likely N-dealkylation sites (tertiary alicyclic amines) is 1. The fraction of sp³-hybridized carbons (Fsp3) is 0.524. The van der Waals surface area contributed by atoms with Crippen LogP contribution in [0.25, 0.3) is 10.9 Å². The van der Waals surface area contributed by atoms with Gasteiger partial charge in [0.2, 0.25) is 0 Å². The molecule has 0 saturated carbocycles. The maximum atomic E-state index is 13.2. The molecule has 3 rings (SSSR count). The Kier molecular flexibility index (Phi) is 5.64. The molecule has 1 amide bonds. The second-order valence-corrected chi connectivity index (χ2v) is 7.45. The molecule has 2 heterocycles. The molecule has 26 heavy (non-hydrogen) atoms. The topological polar surface area (TPSA) is 51.5 Å². The minimum absolute atomic E-state index is 0.0118. The van der Waals surface area contributed by atoms with Crippen molar-refractivity contribution in [3.8, 4) is 0 Å². The number of hydrogen-bond donors (Lipinski definition) is 0. The molecule has 140 valence electrons. The third-order valence-electron chi connectivity index (χ3n) is 4.91. The van der Waals surface area contributed by atoms with Crippen LogP contribution < -0.4 is 0 Å². The van der Waals surface area contributed by atoms with E-state index in [1.165, 1.54) is 0 Å². The number of hydrogen-bond acceptors (Lipinski definition) is 3. The highest BCUT2D eigenvalue weighted by molar-refractivity contribution is 6.07. The molecule has 1 aliphatic heterocycles. The van der Waals surface area contributed by atoms with Gasteiger partial charge in [-0.15, -0.1) is 0 Å². The molecule has 0 radical (unpaired) electrons. The number of benzene rings is 1. The number of rotatable bonds is 5. The molecule has 1 aliphatic rings. The average Bonchev–Trinajstić information content (AvgIpc) is 2.99. The van der Waals surface area contributed by atoms with Crippen molar-refractivity contribution >= 4 is 22.8 Å². The maximum Gasteiger partial charge on any atom is 0.310 e. The fourth-order valence-corrected chi connectivity index (χ4v) is 3.75. The van der Waals surface area contributed by atoms with Crippen LogP contribution in [-0.4, -0.2) is 41.0 Å². The molecule has 1 aromatic heterocycles. The van der Waals surface area contributed by atoms with Crippen LogP contribution in [0.15, 0.2) is 30.5 Å². The summed E-state index contributed by atoms with van der Waals surface area (Å²) < 4.78 is 7.32. The van der Waals surface area contributed by atoms with E-state index in [0.29, 0.717) is 25.6 Å². The Bertz CT molecular complexity index is 794. The molecule has 5 nitrogen and oxygen atoms in total. The second-order valence-electron chi connectivity index (χ2n) is 7.45. The van der Waals surface area contributed by atoms with Crippen molar-refractivity contribution in [1.29, 1.82) is 0 Å². The molecule has 1 atom stereocenters. The first-order chi connectivity index (χ1) is 12.5. The third kappa shape index (κ3) is 3.76. The van der Waals surface area contributed by atoms with Crippen LogP contribution in [-0.2, 0) is 16.1 Å². The standard InChI is InChI=1S/C21H28N2O3/c1-4-26-21(25)16-8-7-11-22(13-16)20(24)18-14-23(12-15(2)3)19-10-6-5-9-17(18)19/h5-6,9-10,14-16H,4,7-8,11-13H2,1-3H3. The summed E-state index contributed by atoms with van der Waals surface area (Å²) >= 11 is 0. The quantitative estimate of drug-likeness (QED) is 0.768. The van der Waals surface area contributed by atoms with E-state index in [4.69, 9.17) is 4.74 Å². The predicted molar refractivity (Wildman–Crippen MR) is 102 cm³/mol. The Morgan fingerprint density at radius 2 is 2.04 bits per heavy atom. The van der Waals surface area contributed by atoms with Crippen molar-refractivity contribution in [2.75, 3.05) is 19.7 Å². The lowest BCUT2D eigenvalue weighted by molar-refractivity contribution is -0.149. The van der Waals surface area contributed by atoms with E-state index in [2.05, 4.69) is 24.5 Å². The summed E-state index contributed by atoms with van der Waals surface area (Å²) in [4.78, 5) is 27.1. The molecule has 1 fully saturated rings. The number of aromatic nitrogens is 1. The molecule has 0 aliphatic carbocycles. The number of carbonyl (C=O) groups excluding carboxylic acids is 2. The first-order valence-electron chi connectivity index (χ1n) is 9.55. The van der Waals surface area contributed by atoms with Gasteiger partial charge in [0.25, 0.3) is 5.91 Å². The molecule has 2 aromatic rings. The zero-order valence-electron chi connectivity index (χ0n) is 15.9. The van der Waals surface area contributed by atoms with Crippen molar-refractivity contribution < 1.29 is 14.3 Å². The van der Waals surface area contributed by atoms with E-state index in [0.717, 1.165) is 35.9 Å². The second kappa shape index (κ2) is 7.94. The van der Waals surface area contributed by atoms with Crippen molar-refractivity contribution in [2.45, 2.75) is 40.2 Å². The van der Waals surface area contributed by atoms with E-state index in [1.54, 1.807) is 0 Å². The number of ether oxygens (including phenoxy) is 1. The highest BCUT2D eigenvalue weighted by Crippen LogP contribution is 2.26. The first kappa shape index (κ1) is 18.5. The number of esters is 1. The van der Waals surface area contributed by atoms with Gasteiger partial charge in [-0.3, -0.25) is 9.59 Å². The van der Waals surface area contributed by atoms with Crippen molar-refractivity contribution in [1.82, 2.24) is 9.47 Å². The first-order valence-corrected chi connectivity index (χ1v) is 9.55. The number of amides is 1. The van der Waals surface area contributed by atoms with Gasteiger partial charge in [-0.2, -0.15) is 0 Å². The summed E-state index contributed by atoms with van der Waals surface area (Å²) in [7, 11) is 0. The SMILES string of the molecule is CCOC(=O)C1CCCN(C(=O)c2cn(CC(C)C)c3ccccc23)C1. The lowest BCUT2D eigenvalue weighted by atomic mass is 9.97. The Morgan fingerprint density at radius 1 is 1.27 bits per heavy atom. The molecular weight excluding hydrogens is 328 g/mol. The maximum absolute atomic E-state index is 13.2. The van der Waals surface area contributed by atoms with Gasteiger partial charge in [0.1, 0.15) is 0 Å². The summed E-state index contributed by atoms with van der Waals surface area (Å²) in [6.45, 7) is 8.55. The van der Waals surface area contributed by atoms with Gasteiger partial charge in [-0.1, -0.05) is 32.0 Å². The van der Waals surface area contributed by atoms with E-state index < -0.39 is 0 Å². The lowest BCUT2D eigenvalue weighted by Gasteiger charge is -2.31. The van der Waals surface area contributed by atoms with Crippen molar-refractivity contribution in [3.63, 3.8) is 0 Å². The molecular formula is C21H28N2O3. The third-order valence-corrected chi connectivity index (χ3v) is 4.91. The van der Waals surface area contributed by atoms with Crippen LogP contribution in [0.3, 0.4) is 0 Å². The van der Waals surface area contributed by atoms with Crippen LogP contribution in [0.2, 0.25) is 0 Å². The Hall–Kier alpha value is -2.30. The summed E-state index contributed by atoms with van der Waals surface area (Å²) in [6, 6.07) is 8.04. The summed E-state index contributed by atoms with van der Waals surface area (Å²) in [5, 5.41) is 0.983. The normalized spacial score (nSPS) is 17.7. The zero-order valence-corrected chi connectivity index (χ0v) is 15.9. The van der Waals surface area contributed by atoms with Crippen LogP contribution in [0.4, 0.5) is 0 Å². The summed E-state index contributed by atoms with van der Waals surface area (Å²) in [6.07, 6.45) is 3.60. The Labute approximate surface area is 154 Å². The predicted octanol–water partition coefficient (Wildman–Crippen LogP) is 3.71. The lowest BCUT2D eigenvalue weighted by Crippen LogP contribution is -2.42. The fourth-order valence-electron chi connectivity index (χ4n) is 3.75. The van der Waals surface area contributed by atoms with E-state index in [1.807, 2.05) is 36.2 Å². The number of para-hydroxylation sites is 1. The molecule has 0 spiro atoms. The number of piperidine rings is 1. The summed E-state index contributed by atoms with van der Waals surface area (Å²) in [5.74, 6) is 0.110. The van der Waals surface area contributed by atoms with Gasteiger partial charge < -0.3 is 14.2 Å². The Morgan fingerprint density at radius 3 is 2.77 bits per heavy atom. The van der Waals surface area contributed by atoms with Crippen LogP contribution in [0, 0.1) is 11.8 Å². The summed E-state index contributed by atoms with van der Waals surface area (Å²) in [5.41, 5.74) is 1.81. The molecule has 5 heteroatoms. The minimum Gasteiger partial charge on any atom is -0.466 e. The van der Waals surface area contributed by atoms with Crippen LogP contribution >= 0.6 is 0 Å². The van der Waals surface area contributed by atoms with Crippen molar-refractivity contribution in [3.05, 3.63) is 36.0 Å². The highest BCUT2D eigenvalue weighted by Gasteiger charge is 2.31. The van der Waals surface area contributed by atoms with Crippen molar-refractivity contribution in [2.24, 2.45) is 11.8 Å². The number of fused-ring (bicyclic) bond motifs is 1. The molecule has 1 aromatic carbocycles. The average molecular weight is 356 g/mol. The molecule has 0 N–H and O–H groups in total. The monoisotopic (exact) mass is 356 g/mol. The van der Waals surface area contributed by atoms with Crippen LogP contribution in [0.1, 0.15) is 44.0 Å². The number of carbonyl (C=O) groups is 2. The van der Waals surface area contributed by atoms with E-state index >= 15 is 0 Å². The van der Waals surface area contributed by atoms with E-state index in [9.17, 15) is 9.59 Å². The molecule has 1 unspecified atom stereocenters. The largest absolute Gasteiger partial charge is 0.466 e. The van der Waals surface area contributed by atoms with Crippen LogP contribution in [0.5, 0.6) is 0 Å². The van der Waals surface area contributed by atoms with Gasteiger partial charge in [-0.25, -0.2) is 0 Å². The van der Waals surface area contributed by atoms with Gasteiger partial charge in [0.15, 0.2) is 0 Å². The Balaban J connectivity index is 1.86. The van der Waals surface area contributed by atoms with Gasteiger partial charge in [0, 0.05) is 36.7 Å². The highest BCUT2D eigenvalue weighted by atomic mass is 16.5. The van der Waals surface area contributed by atoms with Gasteiger partial charge >= 0.3 is 5.97 Å². The van der Waals surface area contributed by atoms with Gasteiger partial charge in [-0.05, 0) is 31.7 Å². The van der Waals surface area contributed by atoms with Gasteiger partial charge in [0.05, 0.1) is 18.1 Å².